The van der Waals surface area contributed by atoms with Gasteiger partial charge >= 0.3 is 5.97 Å². The number of thioether (sulfide) groups is 1. The fourth-order valence-electron chi connectivity index (χ4n) is 6.24. The number of rotatable bonds is 5. The molecule has 0 spiro atoms. The summed E-state index contributed by atoms with van der Waals surface area (Å²) in [6.45, 7) is 10.6. The Hall–Kier alpha value is -5.48. The van der Waals surface area contributed by atoms with Crippen molar-refractivity contribution in [1.82, 2.24) is 10.6 Å². The maximum absolute atomic E-state index is 14.4. The lowest BCUT2D eigenvalue weighted by Crippen LogP contribution is -2.42. The number of aryl methyl sites for hydroxylation is 1. The van der Waals surface area contributed by atoms with Gasteiger partial charge in [-0.15, -0.1) is 11.8 Å². The number of aliphatic hydroxyl groups excluding tert-OH is 3. The highest BCUT2D eigenvalue weighted by Gasteiger charge is 2.39. The van der Waals surface area contributed by atoms with E-state index in [1.165, 1.54) is 44.2 Å². The molecule has 0 saturated carbocycles. The number of ketones is 4. The minimum Gasteiger partial charge on any atom is -0.507 e. The third-order valence-electron chi connectivity index (χ3n) is 9.86. The van der Waals surface area contributed by atoms with E-state index in [1.807, 2.05) is 0 Å². The number of carboxylic acid groups (broad SMARTS) is 1. The van der Waals surface area contributed by atoms with E-state index in [4.69, 9.17) is 0 Å². The molecule has 0 saturated heterocycles. The molecule has 1 aromatic rings. The molecule has 0 radical (unpaired) electrons. The molecule has 0 aromatic heterocycles. The number of carboxylic acids is 1. The minimum absolute atomic E-state index is 0.00628. The van der Waals surface area contributed by atoms with Crippen molar-refractivity contribution in [3.63, 3.8) is 0 Å². The number of allylic oxidation sites excluding steroid dienone is 8. The topological polar surface area (TPSA) is 245 Å². The molecule has 2 aliphatic heterocycles. The molecular formula is C44H52N2O12S. The molecule has 1 aromatic carbocycles. The third-order valence-corrected chi connectivity index (χ3v) is 11.0. The van der Waals surface area contributed by atoms with E-state index < -0.39 is 110 Å². The lowest BCUT2D eigenvalue weighted by molar-refractivity contribution is -0.140. The van der Waals surface area contributed by atoms with Crippen molar-refractivity contribution in [1.29, 1.82) is 0 Å². The standard InChI is InChI=1S/C44H52N2O12S/c1-22-12-10-8-9-11-13-34(51)46-37-41(55)30-19-27(6)40(54)36(35(30)42(56)43(37)59-21-31(44(57)58)45-28(7)47)39(53)26(5)18-25(4)38(52)24(3)15-17-29(48)16-14-23(2)33(50)20-32(22)49/h8-15,17-19,22,24-25,29,31-32,38,48-49,52,54H,16,20-21H2,1-7H3,(H,45,47)(H,46,51)(H,57,58)/b9-8+,12-10+,13-11+,17-15+,23-14-,26-18+/t22-,24-,25-,29-,31-,32-,38-/m0/s1. The first-order chi connectivity index (χ1) is 27.7. The number of carbonyl (C=O) groups excluding carboxylic acids is 6. The average molecular weight is 833 g/mol. The molecule has 2 amide bonds. The van der Waals surface area contributed by atoms with Crippen LogP contribution in [0.25, 0.3) is 0 Å². The van der Waals surface area contributed by atoms with Crippen LogP contribution in [-0.2, 0) is 19.2 Å². The molecule has 1 aliphatic carbocycles. The molecule has 0 unspecified atom stereocenters. The van der Waals surface area contributed by atoms with E-state index in [1.54, 1.807) is 58.1 Å². The van der Waals surface area contributed by atoms with Crippen LogP contribution in [0.3, 0.4) is 0 Å². The summed E-state index contributed by atoms with van der Waals surface area (Å²) in [6.07, 6.45) is 11.6. The van der Waals surface area contributed by atoms with Crippen molar-refractivity contribution < 1.29 is 59.1 Å². The second kappa shape index (κ2) is 21.5. The van der Waals surface area contributed by atoms with Crippen LogP contribution in [0.15, 0.2) is 88.6 Å². The number of amides is 2. The van der Waals surface area contributed by atoms with Crippen LogP contribution in [0, 0.1) is 24.7 Å². The molecule has 14 nitrogen and oxygen atoms in total. The van der Waals surface area contributed by atoms with Gasteiger partial charge in [0.25, 0.3) is 0 Å². The van der Waals surface area contributed by atoms with Crippen LogP contribution >= 0.6 is 11.8 Å². The van der Waals surface area contributed by atoms with E-state index >= 15 is 0 Å². The summed E-state index contributed by atoms with van der Waals surface area (Å²) in [5.74, 6) is -8.71. The summed E-state index contributed by atoms with van der Waals surface area (Å²) >= 11 is 0.556. The monoisotopic (exact) mass is 832 g/mol. The molecule has 15 heteroatoms. The number of phenols is 1. The first-order valence-corrected chi connectivity index (χ1v) is 20.0. The van der Waals surface area contributed by atoms with Gasteiger partial charge in [-0.25, -0.2) is 4.79 Å². The highest BCUT2D eigenvalue weighted by molar-refractivity contribution is 8.04. The van der Waals surface area contributed by atoms with Crippen LogP contribution in [0.5, 0.6) is 5.75 Å². The number of hydrogen-bond donors (Lipinski definition) is 7. The lowest BCUT2D eigenvalue weighted by atomic mass is 9.83. The van der Waals surface area contributed by atoms with E-state index in [-0.39, 0.29) is 35.3 Å². The molecule has 4 bridgehead atoms. The summed E-state index contributed by atoms with van der Waals surface area (Å²) in [5.41, 5.74) is -1.35. The average Bonchev–Trinajstić information content (AvgIpc) is 3.17. The number of Topliss-reactive ketones (excluding diaryl/α,β-unsaturated/α-hetero) is 4. The number of benzene rings is 1. The number of fused-ring (bicyclic) bond motifs is 18. The van der Waals surface area contributed by atoms with Gasteiger partial charge in [0.1, 0.15) is 17.5 Å². The highest BCUT2D eigenvalue weighted by atomic mass is 32.2. The summed E-state index contributed by atoms with van der Waals surface area (Å²) in [4.78, 5) is 92.0. The molecular weight excluding hydrogens is 781 g/mol. The number of carbonyl (C=O) groups is 7. The molecule has 2 heterocycles. The Labute approximate surface area is 347 Å². The predicted molar refractivity (Wildman–Crippen MR) is 223 cm³/mol. The Morgan fingerprint density at radius 1 is 0.847 bits per heavy atom. The van der Waals surface area contributed by atoms with E-state index in [0.717, 1.165) is 13.0 Å². The van der Waals surface area contributed by atoms with Gasteiger partial charge < -0.3 is 36.2 Å². The van der Waals surface area contributed by atoms with Crippen molar-refractivity contribution in [3.05, 3.63) is 111 Å². The first-order valence-electron chi connectivity index (χ1n) is 19.0. The second-order valence-electron chi connectivity index (χ2n) is 14.7. The summed E-state index contributed by atoms with van der Waals surface area (Å²) < 4.78 is 0. The lowest BCUT2D eigenvalue weighted by Gasteiger charge is -2.25. The molecule has 7 atom stereocenters. The van der Waals surface area contributed by atoms with Crippen molar-refractivity contribution in [2.75, 3.05) is 5.75 Å². The first kappa shape index (κ1) is 47.9. The maximum atomic E-state index is 14.4. The molecule has 59 heavy (non-hydrogen) atoms. The predicted octanol–water partition coefficient (Wildman–Crippen LogP) is 4.38. The molecule has 3 aliphatic rings. The highest BCUT2D eigenvalue weighted by Crippen LogP contribution is 2.40. The Kier molecular flexibility index (Phi) is 17.5. The van der Waals surface area contributed by atoms with Gasteiger partial charge in [-0.2, -0.15) is 0 Å². The summed E-state index contributed by atoms with van der Waals surface area (Å²) in [6, 6.07) is -0.315. The normalized spacial score (nSPS) is 28.7. The van der Waals surface area contributed by atoms with Crippen LogP contribution in [0.2, 0.25) is 0 Å². The maximum Gasteiger partial charge on any atom is 0.327 e. The number of aliphatic hydroxyl groups is 3. The zero-order valence-corrected chi connectivity index (χ0v) is 34.8. The van der Waals surface area contributed by atoms with Gasteiger partial charge in [0.2, 0.25) is 23.4 Å². The van der Waals surface area contributed by atoms with Crippen LogP contribution in [0.1, 0.15) is 91.0 Å². The van der Waals surface area contributed by atoms with Crippen LogP contribution in [-0.4, -0.2) is 96.6 Å². The van der Waals surface area contributed by atoms with Gasteiger partial charge in [0.05, 0.1) is 28.8 Å². The van der Waals surface area contributed by atoms with Crippen LogP contribution < -0.4 is 10.6 Å². The number of aliphatic carboxylic acids is 1. The number of nitrogens with one attached hydrogen (secondary N) is 2. The summed E-state index contributed by atoms with van der Waals surface area (Å²) in [7, 11) is 0. The zero-order valence-electron chi connectivity index (χ0n) is 34.0. The molecule has 0 fully saturated rings. The second-order valence-corrected chi connectivity index (χ2v) is 15.8. The zero-order chi connectivity index (χ0) is 44.3. The Balaban J connectivity index is 2.19. The Morgan fingerprint density at radius 2 is 1.51 bits per heavy atom. The smallest absolute Gasteiger partial charge is 0.327 e. The van der Waals surface area contributed by atoms with Crippen molar-refractivity contribution in [3.8, 4) is 5.75 Å². The van der Waals surface area contributed by atoms with Gasteiger partial charge in [0.15, 0.2) is 11.6 Å². The van der Waals surface area contributed by atoms with E-state index in [2.05, 4.69) is 10.6 Å². The molecule has 4 rings (SSSR count). The number of hydrogen-bond acceptors (Lipinski definition) is 12. The molecule has 316 valence electrons. The third kappa shape index (κ3) is 12.8. The fraction of sp³-hybridized carbons (Fsp3) is 0.386. The number of phenolic OH excluding ortho intramolecular Hbond substituents is 1. The van der Waals surface area contributed by atoms with Gasteiger partial charge in [-0.1, -0.05) is 75.5 Å². The van der Waals surface area contributed by atoms with Gasteiger partial charge in [-0.3, -0.25) is 28.8 Å². The number of aromatic hydroxyl groups is 1. The van der Waals surface area contributed by atoms with Crippen molar-refractivity contribution >= 4 is 52.7 Å². The quantitative estimate of drug-likeness (QED) is 0.204. The molecule has 7 N–H and O–H groups in total. The van der Waals surface area contributed by atoms with Crippen molar-refractivity contribution in [2.45, 2.75) is 85.7 Å². The SMILES string of the molecule is CC(=O)N[C@@H](CSC1=C2NC(=O)/C=C/C=C/C=C/[C@H](C)[C@@H](O)CC(=O)/C(C)=C\C[C@H](O)/C=C/[C@H](C)[C@H](O)[C@@H](C)/C=C(\C)C(=O)c3c(O)c(C)cc(c3C1=O)C2=O)C(=O)O. The van der Waals surface area contributed by atoms with E-state index in [0.29, 0.717) is 17.3 Å². The largest absolute Gasteiger partial charge is 0.507 e. The Morgan fingerprint density at radius 3 is 2.15 bits per heavy atom. The van der Waals surface area contributed by atoms with Crippen LogP contribution in [0.4, 0.5) is 0 Å². The fourth-order valence-corrected chi connectivity index (χ4v) is 7.32. The summed E-state index contributed by atoms with van der Waals surface area (Å²) in [5, 5.41) is 58.0. The van der Waals surface area contributed by atoms with Gasteiger partial charge in [-0.05, 0) is 50.0 Å². The van der Waals surface area contributed by atoms with Gasteiger partial charge in [0, 0.05) is 54.1 Å². The van der Waals surface area contributed by atoms with Crippen molar-refractivity contribution in [2.24, 2.45) is 17.8 Å². The Bertz CT molecular complexity index is 2090. The minimum atomic E-state index is -1.52. The van der Waals surface area contributed by atoms with E-state index in [9.17, 15) is 59.1 Å².